The lowest BCUT2D eigenvalue weighted by Crippen LogP contribution is -2.35. The maximum atomic E-state index is 12.2. The Bertz CT molecular complexity index is 765. The van der Waals surface area contributed by atoms with Crippen LogP contribution < -0.4 is 5.32 Å². The van der Waals surface area contributed by atoms with Gasteiger partial charge < -0.3 is 5.32 Å². The van der Waals surface area contributed by atoms with E-state index in [4.69, 9.17) is 10.7 Å². The van der Waals surface area contributed by atoms with E-state index in [1.54, 1.807) is 0 Å². The van der Waals surface area contributed by atoms with Gasteiger partial charge in [0.2, 0.25) is 5.91 Å². The molecule has 6 nitrogen and oxygen atoms in total. The topological polar surface area (TPSA) is 97.4 Å². The van der Waals surface area contributed by atoms with Crippen LogP contribution in [0.15, 0.2) is 14.5 Å². The van der Waals surface area contributed by atoms with Gasteiger partial charge in [-0.1, -0.05) is 0 Å². The molecule has 0 radical (unpaired) electrons. The van der Waals surface area contributed by atoms with Crippen LogP contribution in [0.3, 0.4) is 0 Å². The van der Waals surface area contributed by atoms with Crippen LogP contribution in [0.2, 0.25) is 0 Å². The predicted octanol–water partition coefficient (Wildman–Crippen LogP) is 1.42. The van der Waals surface area contributed by atoms with Crippen LogP contribution in [0, 0.1) is 0 Å². The summed E-state index contributed by atoms with van der Waals surface area (Å²) in [6.45, 7) is 2.85. The minimum atomic E-state index is -4.00. The van der Waals surface area contributed by atoms with Crippen LogP contribution in [0.1, 0.15) is 31.9 Å². The summed E-state index contributed by atoms with van der Waals surface area (Å²) in [5.41, 5.74) is 0.294. The predicted molar refractivity (Wildman–Crippen MR) is 75.2 cm³/mol. The molecule has 2 rings (SSSR count). The van der Waals surface area contributed by atoms with Gasteiger partial charge >= 0.3 is 0 Å². The molecule has 1 aliphatic rings. The van der Waals surface area contributed by atoms with Crippen LogP contribution in [0.5, 0.6) is 0 Å². The van der Waals surface area contributed by atoms with E-state index in [-0.39, 0.29) is 20.7 Å². The number of rotatable bonds is 2. The molecule has 0 fully saturated rings. The second kappa shape index (κ2) is 4.97. The third kappa shape index (κ3) is 2.72. The van der Waals surface area contributed by atoms with Crippen molar-refractivity contribution in [2.45, 2.75) is 40.0 Å². The Morgan fingerprint density at radius 3 is 2.60 bits per heavy atom. The molecule has 0 bridgehead atoms. The largest absolute Gasteiger partial charge is 0.349 e. The number of nitrogens with one attached hydrogen (secondary N) is 1. The molecule has 0 aromatic carbocycles. The highest BCUT2D eigenvalue weighted by Gasteiger charge is 2.39. The van der Waals surface area contributed by atoms with E-state index in [1.165, 1.54) is 19.9 Å². The summed E-state index contributed by atoms with van der Waals surface area (Å²) in [4.78, 5) is 11.2. The molecule has 0 unspecified atom stereocenters. The van der Waals surface area contributed by atoms with Gasteiger partial charge in [0.25, 0.3) is 9.05 Å². The maximum absolute atomic E-state index is 12.2. The van der Waals surface area contributed by atoms with E-state index in [9.17, 15) is 21.6 Å². The highest BCUT2D eigenvalue weighted by molar-refractivity contribution is 8.15. The van der Waals surface area contributed by atoms with Gasteiger partial charge in [-0.25, -0.2) is 16.8 Å². The molecule has 1 N–H and O–H groups in total. The fraction of sp³-hybridized carbons (Fsp3) is 0.500. The van der Waals surface area contributed by atoms with Gasteiger partial charge in [-0.2, -0.15) is 0 Å². The fourth-order valence-electron chi connectivity index (χ4n) is 2.10. The first-order valence-electron chi connectivity index (χ1n) is 5.63. The lowest BCUT2D eigenvalue weighted by Gasteiger charge is -2.27. The average Bonchev–Trinajstić information content (AvgIpc) is 2.70. The molecule has 1 aromatic heterocycles. The molecule has 0 saturated carbocycles. The van der Waals surface area contributed by atoms with Gasteiger partial charge in [0.05, 0.1) is 11.3 Å². The summed E-state index contributed by atoms with van der Waals surface area (Å²) in [5.74, 6) is -0.311. The van der Waals surface area contributed by atoms with E-state index in [1.807, 2.05) is 0 Å². The molecule has 2 atom stereocenters. The minimum absolute atomic E-state index is 0.0331. The maximum Gasteiger partial charge on any atom is 0.270 e. The van der Waals surface area contributed by atoms with Gasteiger partial charge in [0, 0.05) is 23.2 Å². The van der Waals surface area contributed by atoms with E-state index >= 15 is 0 Å². The van der Waals surface area contributed by atoms with Crippen molar-refractivity contribution in [1.29, 1.82) is 0 Å². The molecule has 0 spiro atoms. The van der Waals surface area contributed by atoms with E-state index < -0.39 is 30.2 Å². The molecular formula is C10H12ClNO5S3. The summed E-state index contributed by atoms with van der Waals surface area (Å²) in [6.07, 6.45) is 0.202. The smallest absolute Gasteiger partial charge is 0.270 e. The van der Waals surface area contributed by atoms with Crippen molar-refractivity contribution in [3.8, 4) is 0 Å². The minimum Gasteiger partial charge on any atom is -0.349 e. The SMILES string of the molecule is CC(=O)N[C@H]1C[C@H](C)S(=O)(=O)c2sc(S(=O)(=O)Cl)cc21. The zero-order chi connectivity index (χ0) is 15.3. The van der Waals surface area contributed by atoms with E-state index in [0.717, 1.165) is 0 Å². The van der Waals surface area contributed by atoms with Crippen molar-refractivity contribution in [2.75, 3.05) is 0 Å². The lowest BCUT2D eigenvalue weighted by molar-refractivity contribution is -0.119. The molecule has 0 aliphatic carbocycles. The molecule has 0 saturated heterocycles. The van der Waals surface area contributed by atoms with Gasteiger partial charge in [-0.15, -0.1) is 11.3 Å². The quantitative estimate of drug-likeness (QED) is 0.807. The zero-order valence-corrected chi connectivity index (χ0v) is 13.8. The first-order chi connectivity index (χ1) is 9.03. The summed E-state index contributed by atoms with van der Waals surface area (Å²) in [5, 5.41) is 1.94. The van der Waals surface area contributed by atoms with Crippen molar-refractivity contribution in [2.24, 2.45) is 0 Å². The van der Waals surface area contributed by atoms with Crippen molar-refractivity contribution in [3.63, 3.8) is 0 Å². The van der Waals surface area contributed by atoms with Crippen molar-refractivity contribution in [1.82, 2.24) is 5.32 Å². The average molecular weight is 358 g/mol. The van der Waals surface area contributed by atoms with E-state index in [2.05, 4.69) is 5.32 Å². The Morgan fingerprint density at radius 1 is 1.50 bits per heavy atom. The first-order valence-corrected chi connectivity index (χ1v) is 10.3. The second-order valence-corrected chi connectivity index (χ2v) is 11.0. The molecule has 112 valence electrons. The molecule has 1 amide bonds. The zero-order valence-electron chi connectivity index (χ0n) is 10.6. The van der Waals surface area contributed by atoms with Crippen LogP contribution in [0.25, 0.3) is 0 Å². The monoisotopic (exact) mass is 357 g/mol. The number of carbonyl (C=O) groups excluding carboxylic acids is 1. The Morgan fingerprint density at radius 2 is 2.10 bits per heavy atom. The summed E-state index contributed by atoms with van der Waals surface area (Å²) < 4.78 is 46.9. The van der Waals surface area contributed by atoms with Crippen LogP contribution in [0.4, 0.5) is 0 Å². The highest BCUT2D eigenvalue weighted by atomic mass is 35.7. The standard InChI is InChI=1S/C10H12ClNO5S3/c1-5-3-8(12-6(2)13)7-4-9(20(11,16)17)18-10(7)19(5,14)15/h4-5,8H,3H2,1-2H3,(H,12,13)/t5-,8-/m0/s1. The van der Waals surface area contributed by atoms with Crippen LogP contribution in [-0.2, 0) is 23.7 Å². The first kappa shape index (κ1) is 15.7. The van der Waals surface area contributed by atoms with Crippen molar-refractivity contribution < 1.29 is 21.6 Å². The Balaban J connectivity index is 2.64. The number of fused-ring (bicyclic) bond motifs is 1. The molecule has 20 heavy (non-hydrogen) atoms. The highest BCUT2D eigenvalue weighted by Crippen LogP contribution is 2.43. The number of thiophene rings is 1. The van der Waals surface area contributed by atoms with Crippen molar-refractivity contribution in [3.05, 3.63) is 11.6 Å². The van der Waals surface area contributed by atoms with Crippen LogP contribution in [-0.4, -0.2) is 28.0 Å². The normalized spacial score (nSPS) is 24.9. The van der Waals surface area contributed by atoms with Gasteiger partial charge in [-0.3, -0.25) is 4.79 Å². The number of hydrogen-bond acceptors (Lipinski definition) is 6. The third-order valence-corrected chi connectivity index (χ3v) is 9.02. The Labute approximate surface area is 125 Å². The summed E-state index contributed by atoms with van der Waals surface area (Å²) in [6, 6.07) is 0.705. The third-order valence-electron chi connectivity index (χ3n) is 3.05. The van der Waals surface area contributed by atoms with Gasteiger partial charge in [0.15, 0.2) is 9.84 Å². The Kier molecular flexibility index (Phi) is 3.91. The summed E-state index contributed by atoms with van der Waals surface area (Å²) in [7, 11) is -2.33. The number of carbonyl (C=O) groups is 1. The molecule has 2 heterocycles. The summed E-state index contributed by atoms with van der Waals surface area (Å²) >= 11 is 0.625. The van der Waals surface area contributed by atoms with Crippen LogP contribution >= 0.6 is 22.0 Å². The molecule has 1 aromatic rings. The van der Waals surface area contributed by atoms with Gasteiger partial charge in [-0.05, 0) is 19.4 Å². The number of halogens is 1. The number of amides is 1. The van der Waals surface area contributed by atoms with E-state index in [0.29, 0.717) is 16.9 Å². The lowest BCUT2D eigenvalue weighted by atomic mass is 10.1. The molecule has 1 aliphatic heterocycles. The molecular weight excluding hydrogens is 346 g/mol. The molecule has 10 heteroatoms. The Hall–Kier alpha value is -0.640. The van der Waals surface area contributed by atoms with Crippen molar-refractivity contribution >= 4 is 46.8 Å². The fourth-order valence-corrected chi connectivity index (χ4v) is 6.85. The number of hydrogen-bond donors (Lipinski definition) is 1. The van der Waals surface area contributed by atoms with Gasteiger partial charge in [0.1, 0.15) is 8.42 Å². The number of sulfone groups is 1. The second-order valence-electron chi connectivity index (χ2n) is 4.59.